The van der Waals surface area contributed by atoms with E-state index in [-0.39, 0.29) is 24.4 Å². The molecule has 1 fully saturated rings. The Morgan fingerprint density at radius 3 is 2.73 bits per heavy atom. The third kappa shape index (κ3) is 4.02. The number of ether oxygens (including phenoxy) is 1. The number of carbonyl (C=O) groups is 1. The lowest BCUT2D eigenvalue weighted by atomic mass is 9.87. The van der Waals surface area contributed by atoms with Crippen LogP contribution >= 0.6 is 12.4 Å². The highest BCUT2D eigenvalue weighted by atomic mass is 35.5. The monoisotopic (exact) mass is 378 g/mol. The Hall–Kier alpha value is -2.05. The summed E-state index contributed by atoms with van der Waals surface area (Å²) in [7, 11) is 0. The van der Waals surface area contributed by atoms with Gasteiger partial charge in [-0.2, -0.15) is 5.10 Å². The fourth-order valence-corrected chi connectivity index (χ4v) is 3.46. The zero-order valence-electron chi connectivity index (χ0n) is 15.3. The number of piperidine rings is 1. The summed E-state index contributed by atoms with van der Waals surface area (Å²) < 4.78 is 7.51. The Labute approximate surface area is 160 Å². The molecule has 1 aromatic heterocycles. The van der Waals surface area contributed by atoms with Crippen LogP contribution in [0.4, 0.5) is 0 Å². The van der Waals surface area contributed by atoms with E-state index in [2.05, 4.69) is 15.7 Å². The first-order valence-corrected chi connectivity index (χ1v) is 8.91. The highest BCUT2D eigenvalue weighted by Gasteiger charge is 2.42. The topological polar surface area (TPSA) is 68.2 Å². The maximum Gasteiger partial charge on any atom is 0.248 e. The highest BCUT2D eigenvalue weighted by molar-refractivity contribution is 5.85. The molecule has 2 N–H and O–H groups in total. The second-order valence-electron chi connectivity index (χ2n) is 6.40. The van der Waals surface area contributed by atoms with Crippen molar-refractivity contribution in [1.82, 2.24) is 20.4 Å². The summed E-state index contributed by atoms with van der Waals surface area (Å²) in [6.07, 6.45) is 5.05. The summed E-state index contributed by atoms with van der Waals surface area (Å²) in [6, 6.07) is 9.58. The van der Waals surface area contributed by atoms with Gasteiger partial charge in [-0.05, 0) is 51.9 Å². The van der Waals surface area contributed by atoms with Crippen molar-refractivity contribution < 1.29 is 9.53 Å². The van der Waals surface area contributed by atoms with E-state index in [1.54, 1.807) is 6.20 Å². The van der Waals surface area contributed by atoms with Gasteiger partial charge in [0.1, 0.15) is 11.3 Å². The molecule has 2 heterocycles. The molecule has 3 rings (SSSR count). The molecule has 0 saturated carbocycles. The minimum Gasteiger partial charge on any atom is -0.494 e. The predicted molar refractivity (Wildman–Crippen MR) is 104 cm³/mol. The van der Waals surface area contributed by atoms with Crippen LogP contribution in [0.2, 0.25) is 0 Å². The van der Waals surface area contributed by atoms with E-state index < -0.39 is 5.54 Å². The van der Waals surface area contributed by atoms with Gasteiger partial charge in [0.05, 0.1) is 12.6 Å². The second kappa shape index (κ2) is 9.05. The summed E-state index contributed by atoms with van der Waals surface area (Å²) in [5.74, 6) is 0.827. The van der Waals surface area contributed by atoms with Crippen molar-refractivity contribution >= 4 is 18.3 Å². The average Bonchev–Trinajstić information content (AvgIpc) is 3.18. The van der Waals surface area contributed by atoms with Crippen LogP contribution in [0.5, 0.6) is 5.75 Å². The molecule has 1 amide bonds. The Balaban J connectivity index is 0.00000243. The van der Waals surface area contributed by atoms with Gasteiger partial charge in [0.15, 0.2) is 0 Å². The van der Waals surface area contributed by atoms with Crippen molar-refractivity contribution in [2.45, 2.75) is 38.3 Å². The number of nitrogens with one attached hydrogen (secondary N) is 2. The number of benzene rings is 1. The summed E-state index contributed by atoms with van der Waals surface area (Å²) in [5.41, 5.74) is 0.353. The van der Waals surface area contributed by atoms with Crippen molar-refractivity contribution in [3.63, 3.8) is 0 Å². The maximum atomic E-state index is 13.2. The summed E-state index contributed by atoms with van der Waals surface area (Å²) >= 11 is 0. The van der Waals surface area contributed by atoms with E-state index in [1.165, 1.54) is 0 Å². The Morgan fingerprint density at radius 1 is 1.35 bits per heavy atom. The van der Waals surface area contributed by atoms with Gasteiger partial charge in [-0.3, -0.25) is 9.48 Å². The van der Waals surface area contributed by atoms with Gasteiger partial charge in [-0.1, -0.05) is 18.2 Å². The van der Waals surface area contributed by atoms with Crippen LogP contribution in [-0.2, 0) is 10.3 Å². The number of nitrogens with zero attached hydrogens (tertiary/aromatic N) is 2. The molecule has 1 aliphatic rings. The number of aromatic nitrogens is 2. The van der Waals surface area contributed by atoms with Crippen molar-refractivity contribution in [2.24, 2.45) is 0 Å². The molecule has 1 atom stereocenters. The summed E-state index contributed by atoms with van der Waals surface area (Å²) in [5, 5.41) is 10.9. The third-order valence-electron chi connectivity index (χ3n) is 4.83. The minimum atomic E-state index is -0.635. The largest absolute Gasteiger partial charge is 0.494 e. The smallest absolute Gasteiger partial charge is 0.248 e. The number of para-hydroxylation sites is 1. The van der Waals surface area contributed by atoms with E-state index in [1.807, 2.05) is 55.1 Å². The quantitative estimate of drug-likeness (QED) is 0.810. The zero-order chi connectivity index (χ0) is 17.7. The molecular weight excluding hydrogens is 352 g/mol. The van der Waals surface area contributed by atoms with E-state index in [9.17, 15) is 4.79 Å². The number of hydrogen-bond acceptors (Lipinski definition) is 4. The molecular formula is C19H27ClN4O2. The van der Waals surface area contributed by atoms with Gasteiger partial charge < -0.3 is 15.4 Å². The fraction of sp³-hybridized carbons (Fsp3) is 0.474. The number of amides is 1. The predicted octanol–water partition coefficient (Wildman–Crippen LogP) is 2.66. The molecule has 0 aliphatic carbocycles. The molecule has 1 aliphatic heterocycles. The van der Waals surface area contributed by atoms with E-state index in [4.69, 9.17) is 4.74 Å². The third-order valence-corrected chi connectivity index (χ3v) is 4.83. The summed E-state index contributed by atoms with van der Waals surface area (Å²) in [4.78, 5) is 13.2. The molecule has 1 aromatic carbocycles. The van der Waals surface area contributed by atoms with Gasteiger partial charge in [-0.15, -0.1) is 12.4 Å². The molecule has 0 radical (unpaired) electrons. The van der Waals surface area contributed by atoms with Gasteiger partial charge in [0.25, 0.3) is 0 Å². The molecule has 0 bridgehead atoms. The van der Waals surface area contributed by atoms with E-state index >= 15 is 0 Å². The molecule has 142 valence electrons. The number of carbonyl (C=O) groups excluding carboxylic acids is 1. The normalized spacial score (nSPS) is 17.0. The summed E-state index contributed by atoms with van der Waals surface area (Å²) in [6.45, 7) is 6.16. The van der Waals surface area contributed by atoms with Gasteiger partial charge in [0, 0.05) is 18.0 Å². The van der Waals surface area contributed by atoms with Crippen LogP contribution in [0, 0.1) is 0 Å². The highest BCUT2D eigenvalue weighted by Crippen LogP contribution is 2.30. The van der Waals surface area contributed by atoms with Crippen molar-refractivity contribution in [3.05, 3.63) is 48.3 Å². The molecule has 6 nitrogen and oxygen atoms in total. The van der Waals surface area contributed by atoms with E-state index in [0.717, 1.165) is 37.2 Å². The zero-order valence-corrected chi connectivity index (χ0v) is 16.1. The first-order chi connectivity index (χ1) is 12.2. The first-order valence-electron chi connectivity index (χ1n) is 8.91. The van der Waals surface area contributed by atoms with Crippen molar-refractivity contribution in [1.29, 1.82) is 0 Å². The number of rotatable bonds is 6. The SMILES string of the molecule is CCOc1ccccc1C(C)NC(=O)C1(n2cccn2)CCNCC1.Cl. The molecule has 1 saturated heterocycles. The standard InChI is InChI=1S/C19H26N4O2.ClH/c1-3-25-17-8-5-4-7-16(17)15(2)22-18(24)19(9-12-20-13-10-19)23-14-6-11-21-23;/h4-8,11,14-15,20H,3,9-10,12-13H2,1-2H3,(H,22,24);1H. The maximum absolute atomic E-state index is 13.2. The lowest BCUT2D eigenvalue weighted by Crippen LogP contribution is -2.55. The lowest BCUT2D eigenvalue weighted by Gasteiger charge is -2.37. The second-order valence-corrected chi connectivity index (χ2v) is 6.40. The van der Waals surface area contributed by atoms with Crippen LogP contribution in [-0.4, -0.2) is 35.4 Å². The van der Waals surface area contributed by atoms with Gasteiger partial charge in [-0.25, -0.2) is 0 Å². The van der Waals surface area contributed by atoms with Crippen LogP contribution in [0.25, 0.3) is 0 Å². The number of hydrogen-bond donors (Lipinski definition) is 2. The number of halogens is 1. The molecule has 0 spiro atoms. The van der Waals surface area contributed by atoms with Crippen molar-refractivity contribution in [2.75, 3.05) is 19.7 Å². The fourth-order valence-electron chi connectivity index (χ4n) is 3.46. The lowest BCUT2D eigenvalue weighted by molar-refractivity contribution is -0.132. The van der Waals surface area contributed by atoms with Gasteiger partial charge >= 0.3 is 0 Å². The Morgan fingerprint density at radius 2 is 2.08 bits per heavy atom. The Kier molecular flexibility index (Phi) is 7.06. The molecule has 7 heteroatoms. The molecule has 2 aromatic rings. The first kappa shape index (κ1) is 20.3. The minimum absolute atomic E-state index is 0. The van der Waals surface area contributed by atoms with E-state index in [0.29, 0.717) is 6.61 Å². The van der Waals surface area contributed by atoms with Crippen LogP contribution in [0.1, 0.15) is 38.3 Å². The van der Waals surface area contributed by atoms with Crippen LogP contribution in [0.3, 0.4) is 0 Å². The van der Waals surface area contributed by atoms with Gasteiger partial charge in [0.2, 0.25) is 5.91 Å². The Bertz CT molecular complexity index is 699. The molecule has 26 heavy (non-hydrogen) atoms. The molecule has 1 unspecified atom stereocenters. The van der Waals surface area contributed by atoms with Crippen molar-refractivity contribution in [3.8, 4) is 5.75 Å². The van der Waals surface area contributed by atoms with Crippen LogP contribution in [0.15, 0.2) is 42.7 Å². The average molecular weight is 379 g/mol. The van der Waals surface area contributed by atoms with Crippen LogP contribution < -0.4 is 15.4 Å².